The fourth-order valence-corrected chi connectivity index (χ4v) is 1.60. The minimum absolute atomic E-state index is 0.0275. The van der Waals surface area contributed by atoms with Gasteiger partial charge in [0.2, 0.25) is 0 Å². The van der Waals surface area contributed by atoms with E-state index >= 15 is 0 Å². The maximum absolute atomic E-state index is 12.2. The van der Waals surface area contributed by atoms with Gasteiger partial charge in [-0.1, -0.05) is 20.8 Å². The molecule has 4 heteroatoms. The summed E-state index contributed by atoms with van der Waals surface area (Å²) in [6.07, 6.45) is 0.483. The van der Waals surface area contributed by atoms with Crippen molar-refractivity contribution in [3.05, 3.63) is 17.0 Å². The van der Waals surface area contributed by atoms with Crippen LogP contribution in [0.4, 0.5) is 0 Å². The Labute approximate surface area is 96.3 Å². The number of aryl methyl sites for hydroxylation is 1. The molecule has 1 aromatic heterocycles. The predicted molar refractivity (Wildman–Crippen MR) is 62.5 cm³/mol. The molecule has 0 atom stereocenters. The van der Waals surface area contributed by atoms with Crippen LogP contribution >= 0.6 is 0 Å². The van der Waals surface area contributed by atoms with Gasteiger partial charge in [0, 0.05) is 30.3 Å². The lowest BCUT2D eigenvalue weighted by Crippen LogP contribution is -2.22. The molecular formula is C12H20N2O2. The van der Waals surface area contributed by atoms with Crippen LogP contribution in [0.5, 0.6) is 0 Å². The summed E-state index contributed by atoms with van der Waals surface area (Å²) in [5.74, 6) is 0.0275. The first-order chi connectivity index (χ1) is 7.29. The third-order valence-electron chi connectivity index (χ3n) is 2.72. The average Bonchev–Trinajstić information content (AvgIpc) is 2.44. The number of rotatable bonds is 3. The minimum Gasteiger partial charge on any atom is -0.396 e. The van der Waals surface area contributed by atoms with Crippen molar-refractivity contribution in [2.45, 2.75) is 34.1 Å². The molecule has 1 heterocycles. The normalized spacial score (nSPS) is 11.9. The van der Waals surface area contributed by atoms with Gasteiger partial charge in [0.1, 0.15) is 5.69 Å². The van der Waals surface area contributed by atoms with Crippen molar-refractivity contribution in [1.82, 2.24) is 9.78 Å². The Morgan fingerprint density at radius 3 is 2.44 bits per heavy atom. The highest BCUT2D eigenvalue weighted by Gasteiger charge is 2.28. The molecule has 0 saturated carbocycles. The molecular weight excluding hydrogens is 204 g/mol. The Morgan fingerprint density at radius 1 is 1.44 bits per heavy atom. The lowest BCUT2D eigenvalue weighted by atomic mass is 9.87. The van der Waals surface area contributed by atoms with Crippen LogP contribution in [0, 0.1) is 12.3 Å². The van der Waals surface area contributed by atoms with Gasteiger partial charge in [-0.25, -0.2) is 0 Å². The number of aromatic nitrogens is 2. The Balaban J connectivity index is 3.23. The van der Waals surface area contributed by atoms with Crippen molar-refractivity contribution in [2.75, 3.05) is 6.61 Å². The molecule has 1 aromatic rings. The summed E-state index contributed by atoms with van der Waals surface area (Å²) in [7, 11) is 1.82. The van der Waals surface area contributed by atoms with Gasteiger partial charge in [-0.05, 0) is 13.3 Å². The maximum Gasteiger partial charge on any atom is 0.188 e. The van der Waals surface area contributed by atoms with Crippen LogP contribution in [0.25, 0.3) is 0 Å². The molecule has 0 radical (unpaired) electrons. The van der Waals surface area contributed by atoms with Gasteiger partial charge in [0.05, 0.1) is 0 Å². The van der Waals surface area contributed by atoms with E-state index in [4.69, 9.17) is 5.11 Å². The fraction of sp³-hybridized carbons (Fsp3) is 0.667. The van der Waals surface area contributed by atoms with Gasteiger partial charge in [-0.15, -0.1) is 0 Å². The van der Waals surface area contributed by atoms with Gasteiger partial charge in [0.15, 0.2) is 5.78 Å². The summed E-state index contributed by atoms with van der Waals surface area (Å²) < 4.78 is 1.70. The van der Waals surface area contributed by atoms with Gasteiger partial charge in [-0.2, -0.15) is 5.10 Å². The Hall–Kier alpha value is -1.16. The van der Waals surface area contributed by atoms with Crippen LogP contribution < -0.4 is 0 Å². The highest BCUT2D eigenvalue weighted by atomic mass is 16.3. The van der Waals surface area contributed by atoms with Crippen LogP contribution in [-0.2, 0) is 13.5 Å². The summed E-state index contributed by atoms with van der Waals surface area (Å²) in [6, 6.07) is 0. The monoisotopic (exact) mass is 224 g/mol. The molecule has 0 saturated heterocycles. The van der Waals surface area contributed by atoms with Crippen molar-refractivity contribution in [3.8, 4) is 0 Å². The zero-order chi connectivity index (χ0) is 12.5. The summed E-state index contributed by atoms with van der Waals surface area (Å²) in [4.78, 5) is 12.2. The molecule has 0 unspecified atom stereocenters. The second-order valence-corrected chi connectivity index (χ2v) is 5.09. The zero-order valence-electron chi connectivity index (χ0n) is 10.7. The Morgan fingerprint density at radius 2 is 2.00 bits per heavy atom. The number of ketones is 1. The van der Waals surface area contributed by atoms with E-state index in [2.05, 4.69) is 5.10 Å². The lowest BCUT2D eigenvalue weighted by Gasteiger charge is -2.15. The summed E-state index contributed by atoms with van der Waals surface area (Å²) in [5, 5.41) is 13.3. The SMILES string of the molecule is Cc1c(CCO)c(C(=O)C(C)(C)C)nn1C. The molecule has 0 aliphatic heterocycles. The topological polar surface area (TPSA) is 55.1 Å². The highest BCUT2D eigenvalue weighted by Crippen LogP contribution is 2.24. The average molecular weight is 224 g/mol. The second-order valence-electron chi connectivity index (χ2n) is 5.09. The van der Waals surface area contributed by atoms with E-state index in [0.29, 0.717) is 12.1 Å². The van der Waals surface area contributed by atoms with Gasteiger partial charge >= 0.3 is 0 Å². The first-order valence-electron chi connectivity index (χ1n) is 5.47. The minimum atomic E-state index is -0.439. The quantitative estimate of drug-likeness (QED) is 0.791. The van der Waals surface area contributed by atoms with Crippen molar-refractivity contribution in [2.24, 2.45) is 12.5 Å². The third kappa shape index (κ3) is 2.32. The smallest absolute Gasteiger partial charge is 0.188 e. The molecule has 16 heavy (non-hydrogen) atoms. The van der Waals surface area contributed by atoms with Crippen LogP contribution in [0.15, 0.2) is 0 Å². The van der Waals surface area contributed by atoms with Crippen molar-refractivity contribution in [1.29, 1.82) is 0 Å². The molecule has 0 aliphatic rings. The number of aliphatic hydroxyl groups is 1. The Bertz CT molecular complexity index is 400. The molecule has 90 valence electrons. The first kappa shape index (κ1) is 12.9. The molecule has 4 nitrogen and oxygen atoms in total. The zero-order valence-corrected chi connectivity index (χ0v) is 10.7. The number of carbonyl (C=O) groups excluding carboxylic acids is 1. The predicted octanol–water partition coefficient (Wildman–Crippen LogP) is 1.49. The van der Waals surface area contributed by atoms with Crippen LogP contribution in [-0.4, -0.2) is 27.3 Å². The molecule has 0 bridgehead atoms. The van der Waals surface area contributed by atoms with E-state index < -0.39 is 5.41 Å². The van der Waals surface area contributed by atoms with Gasteiger partial charge in [-0.3, -0.25) is 9.48 Å². The highest BCUT2D eigenvalue weighted by molar-refractivity contribution is 5.99. The van der Waals surface area contributed by atoms with E-state index in [9.17, 15) is 4.79 Å². The van der Waals surface area contributed by atoms with E-state index in [-0.39, 0.29) is 12.4 Å². The first-order valence-corrected chi connectivity index (χ1v) is 5.47. The molecule has 0 amide bonds. The lowest BCUT2D eigenvalue weighted by molar-refractivity contribution is 0.0851. The number of aliphatic hydroxyl groups excluding tert-OH is 1. The second kappa shape index (κ2) is 4.37. The number of Topliss-reactive ketones (excluding diaryl/α,β-unsaturated/α-hetero) is 1. The largest absolute Gasteiger partial charge is 0.396 e. The van der Waals surface area contributed by atoms with Crippen LogP contribution in [0.2, 0.25) is 0 Å². The van der Waals surface area contributed by atoms with E-state index in [1.54, 1.807) is 4.68 Å². The summed E-state index contributed by atoms with van der Waals surface area (Å²) in [6.45, 7) is 7.58. The molecule has 1 N–H and O–H groups in total. The maximum atomic E-state index is 12.2. The van der Waals surface area contributed by atoms with Gasteiger partial charge < -0.3 is 5.11 Å². The van der Waals surface area contributed by atoms with Crippen LogP contribution in [0.3, 0.4) is 0 Å². The number of nitrogens with zero attached hydrogens (tertiary/aromatic N) is 2. The van der Waals surface area contributed by atoms with Gasteiger partial charge in [0.25, 0.3) is 0 Å². The third-order valence-corrected chi connectivity index (χ3v) is 2.72. The number of hydrogen-bond donors (Lipinski definition) is 1. The van der Waals surface area contributed by atoms with E-state index in [1.807, 2.05) is 34.7 Å². The molecule has 0 aromatic carbocycles. The Kier molecular flexibility index (Phi) is 3.53. The summed E-state index contributed by atoms with van der Waals surface area (Å²) in [5.41, 5.74) is 1.87. The molecule has 1 rings (SSSR count). The van der Waals surface area contributed by atoms with Crippen molar-refractivity contribution in [3.63, 3.8) is 0 Å². The molecule has 0 fully saturated rings. The molecule has 0 aliphatic carbocycles. The van der Waals surface area contributed by atoms with E-state index in [1.165, 1.54) is 0 Å². The molecule has 0 spiro atoms. The van der Waals surface area contributed by atoms with Crippen LogP contribution in [0.1, 0.15) is 42.5 Å². The van der Waals surface area contributed by atoms with Crippen molar-refractivity contribution >= 4 is 5.78 Å². The number of hydrogen-bond acceptors (Lipinski definition) is 3. The van der Waals surface area contributed by atoms with E-state index in [0.717, 1.165) is 11.3 Å². The fourth-order valence-electron chi connectivity index (χ4n) is 1.60. The standard InChI is InChI=1S/C12H20N2O2/c1-8-9(6-7-15)10(13-14(8)5)11(16)12(2,3)4/h15H,6-7H2,1-5H3. The van der Waals surface area contributed by atoms with Crippen molar-refractivity contribution < 1.29 is 9.90 Å². The summed E-state index contributed by atoms with van der Waals surface area (Å²) >= 11 is 0. The number of carbonyl (C=O) groups is 1.